The molecule has 11 heavy (non-hydrogen) atoms. The van der Waals surface area contributed by atoms with Crippen molar-refractivity contribution >= 4 is 5.97 Å². The Morgan fingerprint density at radius 1 is 1.64 bits per heavy atom. The van der Waals surface area contributed by atoms with Crippen LogP contribution in [0.3, 0.4) is 0 Å². The van der Waals surface area contributed by atoms with Gasteiger partial charge in [0.25, 0.3) is 0 Å². The second-order valence-electron chi connectivity index (χ2n) is 3.09. The molecule has 0 aliphatic heterocycles. The Balaban J connectivity index is 3.39. The maximum absolute atomic E-state index is 10.4. The monoisotopic (exact) mass is 156 g/mol. The van der Waals surface area contributed by atoms with Gasteiger partial charge in [0.05, 0.1) is 5.92 Å². The lowest BCUT2D eigenvalue weighted by Gasteiger charge is -2.04. The van der Waals surface area contributed by atoms with E-state index < -0.39 is 5.97 Å². The first-order valence-electron chi connectivity index (χ1n) is 3.91. The Labute approximate surface area is 67.9 Å². The van der Waals surface area contributed by atoms with E-state index in [-0.39, 0.29) is 5.92 Å². The number of carbonyl (C=O) groups is 1. The van der Waals surface area contributed by atoms with E-state index in [1.54, 1.807) is 6.92 Å². The molecule has 0 radical (unpaired) electrons. The molecule has 1 unspecified atom stereocenters. The summed E-state index contributed by atoms with van der Waals surface area (Å²) in [7, 11) is 0. The van der Waals surface area contributed by atoms with E-state index in [0.717, 1.165) is 24.8 Å². The van der Waals surface area contributed by atoms with E-state index >= 15 is 0 Å². The lowest BCUT2D eigenvalue weighted by atomic mass is 10.0. The van der Waals surface area contributed by atoms with Crippen LogP contribution in [0.2, 0.25) is 0 Å². The summed E-state index contributed by atoms with van der Waals surface area (Å²) in [4.78, 5) is 10.4. The molecule has 0 rings (SSSR count). The predicted molar refractivity (Wildman–Crippen MR) is 45.5 cm³/mol. The molecule has 2 nitrogen and oxygen atoms in total. The van der Waals surface area contributed by atoms with Crippen LogP contribution in [0.1, 0.15) is 33.1 Å². The molecule has 0 aliphatic rings. The number of carboxylic acids is 1. The van der Waals surface area contributed by atoms with E-state index in [2.05, 4.69) is 6.58 Å². The zero-order valence-corrected chi connectivity index (χ0v) is 7.26. The normalized spacial score (nSPS) is 12.5. The van der Waals surface area contributed by atoms with Gasteiger partial charge < -0.3 is 5.11 Å². The van der Waals surface area contributed by atoms with Crippen molar-refractivity contribution in [3.63, 3.8) is 0 Å². The second kappa shape index (κ2) is 4.94. The van der Waals surface area contributed by atoms with Crippen molar-refractivity contribution in [1.29, 1.82) is 0 Å². The fourth-order valence-electron chi connectivity index (χ4n) is 0.834. The SMILES string of the molecule is C=C(C)CCCC(C)C(=O)O. The molecule has 0 amide bonds. The average Bonchev–Trinajstić information content (AvgIpc) is 1.86. The third-order valence-corrected chi connectivity index (χ3v) is 1.66. The molecular formula is C9H16O2. The molecule has 64 valence electrons. The van der Waals surface area contributed by atoms with Gasteiger partial charge in [0.2, 0.25) is 0 Å². The molecular weight excluding hydrogens is 140 g/mol. The second-order valence-corrected chi connectivity index (χ2v) is 3.09. The van der Waals surface area contributed by atoms with Gasteiger partial charge >= 0.3 is 5.97 Å². The van der Waals surface area contributed by atoms with Crippen LogP contribution in [-0.2, 0) is 4.79 Å². The van der Waals surface area contributed by atoms with E-state index in [1.807, 2.05) is 6.92 Å². The molecule has 0 saturated heterocycles. The molecule has 0 bridgehead atoms. The highest BCUT2D eigenvalue weighted by molar-refractivity contribution is 5.69. The highest BCUT2D eigenvalue weighted by Crippen LogP contribution is 2.10. The third-order valence-electron chi connectivity index (χ3n) is 1.66. The van der Waals surface area contributed by atoms with Gasteiger partial charge in [-0.1, -0.05) is 12.5 Å². The van der Waals surface area contributed by atoms with Gasteiger partial charge in [-0.15, -0.1) is 6.58 Å². The van der Waals surface area contributed by atoms with Crippen molar-refractivity contribution in [3.05, 3.63) is 12.2 Å². The first-order valence-corrected chi connectivity index (χ1v) is 3.91. The number of carboxylic acid groups (broad SMARTS) is 1. The summed E-state index contributed by atoms with van der Waals surface area (Å²) < 4.78 is 0. The summed E-state index contributed by atoms with van der Waals surface area (Å²) in [5.41, 5.74) is 1.13. The quantitative estimate of drug-likeness (QED) is 0.621. The predicted octanol–water partition coefficient (Wildman–Crippen LogP) is 2.45. The van der Waals surface area contributed by atoms with Crippen LogP contribution in [0.15, 0.2) is 12.2 Å². The highest BCUT2D eigenvalue weighted by atomic mass is 16.4. The number of hydrogen-bond acceptors (Lipinski definition) is 1. The Morgan fingerprint density at radius 3 is 2.55 bits per heavy atom. The summed E-state index contributed by atoms with van der Waals surface area (Å²) in [5, 5.41) is 8.52. The number of aliphatic carboxylic acids is 1. The van der Waals surface area contributed by atoms with Gasteiger partial charge in [-0.2, -0.15) is 0 Å². The minimum atomic E-state index is -0.702. The van der Waals surface area contributed by atoms with Crippen LogP contribution in [-0.4, -0.2) is 11.1 Å². The fraction of sp³-hybridized carbons (Fsp3) is 0.667. The molecule has 0 aromatic carbocycles. The third kappa shape index (κ3) is 5.64. The summed E-state index contributed by atoms with van der Waals surface area (Å²) in [6.07, 6.45) is 2.63. The van der Waals surface area contributed by atoms with Crippen molar-refractivity contribution in [2.24, 2.45) is 5.92 Å². The topological polar surface area (TPSA) is 37.3 Å². The van der Waals surface area contributed by atoms with Gasteiger partial charge in [-0.05, 0) is 26.2 Å². The Hall–Kier alpha value is -0.790. The minimum Gasteiger partial charge on any atom is -0.481 e. The van der Waals surface area contributed by atoms with Crippen LogP contribution in [0.25, 0.3) is 0 Å². The molecule has 0 aliphatic carbocycles. The summed E-state index contributed by atoms with van der Waals surface area (Å²) in [5.74, 6) is -0.916. The molecule has 1 N–H and O–H groups in total. The standard InChI is InChI=1S/C9H16O2/c1-7(2)5-4-6-8(3)9(10)11/h8H,1,4-6H2,2-3H3,(H,10,11). The van der Waals surface area contributed by atoms with Gasteiger partial charge in [0.15, 0.2) is 0 Å². The van der Waals surface area contributed by atoms with Crippen LogP contribution in [0.5, 0.6) is 0 Å². The summed E-state index contributed by atoms with van der Waals surface area (Å²) in [6, 6.07) is 0. The largest absolute Gasteiger partial charge is 0.481 e. The average molecular weight is 156 g/mol. The Bertz CT molecular complexity index is 150. The number of hydrogen-bond donors (Lipinski definition) is 1. The van der Waals surface area contributed by atoms with Gasteiger partial charge in [-0.3, -0.25) is 4.79 Å². The minimum absolute atomic E-state index is 0.214. The lowest BCUT2D eigenvalue weighted by Crippen LogP contribution is -2.08. The van der Waals surface area contributed by atoms with Gasteiger partial charge in [0.1, 0.15) is 0 Å². The Kier molecular flexibility index (Phi) is 4.59. The molecule has 2 heteroatoms. The molecule has 0 aromatic rings. The first-order chi connectivity index (χ1) is 5.04. The highest BCUT2D eigenvalue weighted by Gasteiger charge is 2.09. The molecule has 0 spiro atoms. The van der Waals surface area contributed by atoms with Crippen LogP contribution >= 0.6 is 0 Å². The zero-order valence-electron chi connectivity index (χ0n) is 7.26. The molecule has 1 atom stereocenters. The van der Waals surface area contributed by atoms with Crippen LogP contribution < -0.4 is 0 Å². The number of allylic oxidation sites excluding steroid dienone is 1. The van der Waals surface area contributed by atoms with Crippen molar-refractivity contribution in [1.82, 2.24) is 0 Å². The van der Waals surface area contributed by atoms with E-state index in [9.17, 15) is 4.79 Å². The zero-order chi connectivity index (χ0) is 8.85. The van der Waals surface area contributed by atoms with Crippen LogP contribution in [0, 0.1) is 5.92 Å². The maximum atomic E-state index is 10.4. The molecule has 0 saturated carbocycles. The van der Waals surface area contributed by atoms with Crippen molar-refractivity contribution in [2.75, 3.05) is 0 Å². The van der Waals surface area contributed by atoms with E-state index in [0.29, 0.717) is 0 Å². The van der Waals surface area contributed by atoms with E-state index in [1.165, 1.54) is 0 Å². The van der Waals surface area contributed by atoms with Gasteiger partial charge in [0, 0.05) is 0 Å². The van der Waals surface area contributed by atoms with Crippen molar-refractivity contribution in [2.45, 2.75) is 33.1 Å². The van der Waals surface area contributed by atoms with Gasteiger partial charge in [-0.25, -0.2) is 0 Å². The van der Waals surface area contributed by atoms with Crippen molar-refractivity contribution in [3.8, 4) is 0 Å². The summed E-state index contributed by atoms with van der Waals surface area (Å²) in [6.45, 7) is 7.45. The molecule has 0 fully saturated rings. The first kappa shape index (κ1) is 10.2. The number of rotatable bonds is 5. The Morgan fingerprint density at radius 2 is 2.18 bits per heavy atom. The van der Waals surface area contributed by atoms with Crippen molar-refractivity contribution < 1.29 is 9.90 Å². The maximum Gasteiger partial charge on any atom is 0.306 e. The van der Waals surface area contributed by atoms with Crippen LogP contribution in [0.4, 0.5) is 0 Å². The summed E-state index contributed by atoms with van der Waals surface area (Å²) >= 11 is 0. The molecule has 0 aromatic heterocycles. The van der Waals surface area contributed by atoms with E-state index in [4.69, 9.17) is 5.11 Å². The fourth-order valence-corrected chi connectivity index (χ4v) is 0.834. The molecule has 0 heterocycles. The lowest BCUT2D eigenvalue weighted by molar-refractivity contribution is -0.141. The smallest absolute Gasteiger partial charge is 0.306 e.